The first-order valence-electron chi connectivity index (χ1n) is 3.91. The summed E-state index contributed by atoms with van der Waals surface area (Å²) in [7, 11) is 0. The van der Waals surface area contributed by atoms with E-state index in [9.17, 15) is 4.79 Å². The van der Waals surface area contributed by atoms with Crippen LogP contribution in [0.5, 0.6) is 0 Å². The maximum atomic E-state index is 11.4. The molecule has 11 heavy (non-hydrogen) atoms. The Labute approximate surface area is 72.2 Å². The number of thioether (sulfide) groups is 1. The molecule has 0 radical (unpaired) electrons. The third kappa shape index (κ3) is 1.86. The van der Waals surface area contributed by atoms with Crippen LogP contribution in [0.3, 0.4) is 0 Å². The highest BCUT2D eigenvalue weighted by molar-refractivity contribution is 7.99. The van der Waals surface area contributed by atoms with Crippen LogP contribution < -0.4 is 0 Å². The SMILES string of the molecule is C=CC[C@@]1(C)CSCCC1=O. The molecule has 0 aromatic carbocycles. The highest BCUT2D eigenvalue weighted by atomic mass is 32.2. The van der Waals surface area contributed by atoms with Crippen LogP contribution >= 0.6 is 11.8 Å². The number of hydrogen-bond donors (Lipinski definition) is 0. The summed E-state index contributed by atoms with van der Waals surface area (Å²) in [6.07, 6.45) is 3.43. The Kier molecular flexibility index (Phi) is 2.77. The van der Waals surface area contributed by atoms with Gasteiger partial charge in [0, 0.05) is 23.3 Å². The molecular weight excluding hydrogens is 156 g/mol. The summed E-state index contributed by atoms with van der Waals surface area (Å²) in [4.78, 5) is 11.4. The van der Waals surface area contributed by atoms with E-state index in [-0.39, 0.29) is 5.41 Å². The highest BCUT2D eigenvalue weighted by Crippen LogP contribution is 2.34. The first-order valence-corrected chi connectivity index (χ1v) is 5.06. The Morgan fingerprint density at radius 1 is 1.82 bits per heavy atom. The van der Waals surface area contributed by atoms with Gasteiger partial charge >= 0.3 is 0 Å². The van der Waals surface area contributed by atoms with E-state index in [1.54, 1.807) is 0 Å². The number of allylic oxidation sites excluding steroid dienone is 1. The fourth-order valence-corrected chi connectivity index (χ4v) is 2.54. The minimum atomic E-state index is -0.106. The van der Waals surface area contributed by atoms with Gasteiger partial charge in [-0.15, -0.1) is 6.58 Å². The summed E-state index contributed by atoms with van der Waals surface area (Å²) in [6, 6.07) is 0. The molecule has 1 aliphatic rings. The first kappa shape index (κ1) is 8.85. The van der Waals surface area contributed by atoms with Crippen molar-refractivity contribution >= 4 is 17.5 Å². The van der Waals surface area contributed by atoms with Crippen molar-refractivity contribution in [3.63, 3.8) is 0 Å². The van der Waals surface area contributed by atoms with Crippen LogP contribution in [0.2, 0.25) is 0 Å². The highest BCUT2D eigenvalue weighted by Gasteiger charge is 2.33. The second kappa shape index (κ2) is 3.44. The lowest BCUT2D eigenvalue weighted by Crippen LogP contribution is -2.33. The van der Waals surface area contributed by atoms with Gasteiger partial charge < -0.3 is 0 Å². The average molecular weight is 170 g/mol. The Morgan fingerprint density at radius 3 is 3.09 bits per heavy atom. The number of carbonyl (C=O) groups is 1. The Balaban J connectivity index is 2.64. The Hall–Kier alpha value is -0.240. The maximum absolute atomic E-state index is 11.4. The summed E-state index contributed by atoms with van der Waals surface area (Å²) in [5, 5.41) is 0. The smallest absolute Gasteiger partial charge is 0.140 e. The molecule has 1 aliphatic heterocycles. The van der Waals surface area contributed by atoms with Crippen molar-refractivity contribution in [2.45, 2.75) is 19.8 Å². The van der Waals surface area contributed by atoms with E-state index in [1.807, 2.05) is 24.8 Å². The zero-order chi connectivity index (χ0) is 8.32. The molecule has 2 heteroatoms. The molecule has 1 saturated heterocycles. The molecule has 62 valence electrons. The largest absolute Gasteiger partial charge is 0.299 e. The lowest BCUT2D eigenvalue weighted by atomic mass is 9.83. The van der Waals surface area contributed by atoms with E-state index in [4.69, 9.17) is 0 Å². The second-order valence-electron chi connectivity index (χ2n) is 3.28. The monoisotopic (exact) mass is 170 g/mol. The Bertz CT molecular complexity index is 176. The third-order valence-corrected chi connectivity index (χ3v) is 3.50. The average Bonchev–Trinajstić information content (AvgIpc) is 1.96. The fourth-order valence-electron chi connectivity index (χ4n) is 1.34. The van der Waals surface area contributed by atoms with Gasteiger partial charge in [-0.05, 0) is 6.42 Å². The van der Waals surface area contributed by atoms with Crippen molar-refractivity contribution in [1.82, 2.24) is 0 Å². The number of rotatable bonds is 2. The lowest BCUT2D eigenvalue weighted by Gasteiger charge is -2.30. The van der Waals surface area contributed by atoms with Gasteiger partial charge in [0.05, 0.1) is 0 Å². The van der Waals surface area contributed by atoms with Gasteiger partial charge in [-0.1, -0.05) is 13.0 Å². The number of Topliss-reactive ketones (excluding diaryl/α,β-unsaturated/α-hetero) is 1. The van der Waals surface area contributed by atoms with Crippen LogP contribution in [0.1, 0.15) is 19.8 Å². The zero-order valence-electron chi connectivity index (χ0n) is 6.93. The maximum Gasteiger partial charge on any atom is 0.140 e. The van der Waals surface area contributed by atoms with Gasteiger partial charge in [0.2, 0.25) is 0 Å². The van der Waals surface area contributed by atoms with Crippen molar-refractivity contribution in [2.75, 3.05) is 11.5 Å². The van der Waals surface area contributed by atoms with Crippen molar-refractivity contribution in [3.05, 3.63) is 12.7 Å². The molecule has 0 unspecified atom stereocenters. The van der Waals surface area contributed by atoms with Crippen molar-refractivity contribution < 1.29 is 4.79 Å². The molecule has 0 spiro atoms. The topological polar surface area (TPSA) is 17.1 Å². The van der Waals surface area contributed by atoms with Crippen LogP contribution in [-0.2, 0) is 4.79 Å². The van der Waals surface area contributed by atoms with E-state index in [2.05, 4.69) is 6.58 Å². The van der Waals surface area contributed by atoms with Gasteiger partial charge in [0.1, 0.15) is 5.78 Å². The molecule has 1 heterocycles. The van der Waals surface area contributed by atoms with Gasteiger partial charge in [0.15, 0.2) is 0 Å². The van der Waals surface area contributed by atoms with Crippen LogP contribution in [0, 0.1) is 5.41 Å². The van der Waals surface area contributed by atoms with Crippen molar-refractivity contribution in [2.24, 2.45) is 5.41 Å². The summed E-state index contributed by atoms with van der Waals surface area (Å²) < 4.78 is 0. The molecule has 1 atom stereocenters. The molecule has 1 rings (SSSR count). The zero-order valence-corrected chi connectivity index (χ0v) is 7.75. The van der Waals surface area contributed by atoms with E-state index < -0.39 is 0 Å². The van der Waals surface area contributed by atoms with E-state index >= 15 is 0 Å². The molecule has 0 aliphatic carbocycles. The van der Waals surface area contributed by atoms with Gasteiger partial charge in [-0.25, -0.2) is 0 Å². The summed E-state index contributed by atoms with van der Waals surface area (Å²) in [5.74, 6) is 2.39. The lowest BCUT2D eigenvalue weighted by molar-refractivity contribution is -0.126. The molecule has 0 N–H and O–H groups in total. The molecule has 0 bridgehead atoms. The molecule has 0 amide bonds. The van der Waals surface area contributed by atoms with Gasteiger partial charge in [-0.3, -0.25) is 4.79 Å². The fraction of sp³-hybridized carbons (Fsp3) is 0.667. The minimum absolute atomic E-state index is 0.106. The summed E-state index contributed by atoms with van der Waals surface area (Å²) >= 11 is 1.88. The molecule has 1 fully saturated rings. The minimum Gasteiger partial charge on any atom is -0.299 e. The molecule has 1 nitrogen and oxygen atoms in total. The first-order chi connectivity index (χ1) is 5.19. The third-order valence-electron chi connectivity index (χ3n) is 2.16. The standard InChI is InChI=1S/C9H14OS/c1-3-5-9(2)7-11-6-4-8(9)10/h3H,1,4-7H2,2H3/t9-/m0/s1. The van der Waals surface area contributed by atoms with Gasteiger partial charge in [-0.2, -0.15) is 11.8 Å². The van der Waals surface area contributed by atoms with Gasteiger partial charge in [0.25, 0.3) is 0 Å². The molecular formula is C9H14OS. The summed E-state index contributed by atoms with van der Waals surface area (Å²) in [5.41, 5.74) is -0.106. The number of ketones is 1. The number of carbonyl (C=O) groups excluding carboxylic acids is 1. The Morgan fingerprint density at radius 2 is 2.55 bits per heavy atom. The van der Waals surface area contributed by atoms with Crippen LogP contribution in [0.4, 0.5) is 0 Å². The molecule has 0 aromatic heterocycles. The van der Waals surface area contributed by atoms with E-state index in [0.29, 0.717) is 5.78 Å². The quantitative estimate of drug-likeness (QED) is 0.591. The predicted molar refractivity (Wildman–Crippen MR) is 49.9 cm³/mol. The molecule has 0 aromatic rings. The molecule has 0 saturated carbocycles. The van der Waals surface area contributed by atoms with Crippen LogP contribution in [0.25, 0.3) is 0 Å². The predicted octanol–water partition coefficient (Wildman–Crippen LogP) is 2.27. The summed E-state index contributed by atoms with van der Waals surface area (Å²) in [6.45, 7) is 5.72. The van der Waals surface area contributed by atoms with Crippen LogP contribution in [-0.4, -0.2) is 17.3 Å². The second-order valence-corrected chi connectivity index (χ2v) is 4.38. The van der Waals surface area contributed by atoms with E-state index in [0.717, 1.165) is 24.3 Å². The number of hydrogen-bond acceptors (Lipinski definition) is 2. The van der Waals surface area contributed by atoms with Crippen molar-refractivity contribution in [3.8, 4) is 0 Å². The normalized spacial score (nSPS) is 31.9. The van der Waals surface area contributed by atoms with Crippen LogP contribution in [0.15, 0.2) is 12.7 Å². The van der Waals surface area contributed by atoms with Crippen molar-refractivity contribution in [1.29, 1.82) is 0 Å². The van der Waals surface area contributed by atoms with E-state index in [1.165, 1.54) is 0 Å².